The van der Waals surface area contributed by atoms with Crippen LogP contribution in [-0.4, -0.2) is 47.4 Å². The van der Waals surface area contributed by atoms with Crippen LogP contribution < -0.4 is 5.32 Å². The number of amides is 1. The van der Waals surface area contributed by atoms with Crippen molar-refractivity contribution in [2.24, 2.45) is 0 Å². The Labute approximate surface area is 450 Å². The molecule has 1 amide bonds. The molecule has 0 saturated heterocycles. The Balaban J connectivity index is 3.39. The first-order valence-corrected chi connectivity index (χ1v) is 32.9. The molecule has 0 saturated carbocycles. The second-order valence-electron chi connectivity index (χ2n) is 22.8. The molecule has 6 nitrogen and oxygen atoms in total. The highest BCUT2D eigenvalue weighted by Crippen LogP contribution is 2.19. The van der Waals surface area contributed by atoms with Gasteiger partial charge in [-0.2, -0.15) is 0 Å². The summed E-state index contributed by atoms with van der Waals surface area (Å²) in [4.78, 5) is 24.6. The second-order valence-corrected chi connectivity index (χ2v) is 22.8. The number of hydrogen-bond acceptors (Lipinski definition) is 5. The van der Waals surface area contributed by atoms with Crippen molar-refractivity contribution in [2.75, 3.05) is 13.2 Å². The number of carbonyl (C=O) groups is 2. The second kappa shape index (κ2) is 62.1. The SMILES string of the molecule is CCCCCC/C=C\CCCCCCCC(=O)OCCCCCCCCCCCCCCCCCCCCCCCC(=O)NC(CO)C(O)CCCCCCCCCCCCCCCCCCCCCCC. The third-order valence-electron chi connectivity index (χ3n) is 15.6. The zero-order valence-corrected chi connectivity index (χ0v) is 48.9. The van der Waals surface area contributed by atoms with Crippen LogP contribution in [0.4, 0.5) is 0 Å². The minimum atomic E-state index is -0.665. The minimum absolute atomic E-state index is 0.00377. The molecule has 2 atom stereocenters. The number of unbranched alkanes of at least 4 members (excludes halogenated alkanes) is 49. The molecule has 0 aromatic rings. The number of ether oxygens (including phenoxy) is 1. The van der Waals surface area contributed by atoms with E-state index in [2.05, 4.69) is 31.3 Å². The molecule has 0 aliphatic carbocycles. The van der Waals surface area contributed by atoms with Gasteiger partial charge in [-0.1, -0.05) is 321 Å². The van der Waals surface area contributed by atoms with Crippen LogP contribution in [0.2, 0.25) is 0 Å². The Morgan fingerprint density at radius 2 is 0.653 bits per heavy atom. The molecular formula is C66H129NO5. The Hall–Kier alpha value is -1.40. The Bertz CT molecular complexity index is 1080. The highest BCUT2D eigenvalue weighted by Gasteiger charge is 2.20. The molecule has 0 spiro atoms. The number of rotatable bonds is 62. The molecular weight excluding hydrogens is 887 g/mol. The lowest BCUT2D eigenvalue weighted by Gasteiger charge is -2.22. The summed E-state index contributed by atoms with van der Waals surface area (Å²) in [6.07, 6.45) is 75.2. The summed E-state index contributed by atoms with van der Waals surface area (Å²) in [7, 11) is 0. The van der Waals surface area contributed by atoms with Crippen LogP contribution in [0.25, 0.3) is 0 Å². The van der Waals surface area contributed by atoms with Crippen LogP contribution in [0.5, 0.6) is 0 Å². The van der Waals surface area contributed by atoms with Crippen LogP contribution in [-0.2, 0) is 14.3 Å². The number of allylic oxidation sites excluding steroid dienone is 2. The maximum atomic E-state index is 12.5. The van der Waals surface area contributed by atoms with Gasteiger partial charge < -0.3 is 20.3 Å². The Morgan fingerprint density at radius 3 is 1.00 bits per heavy atom. The van der Waals surface area contributed by atoms with E-state index in [0.29, 0.717) is 25.9 Å². The van der Waals surface area contributed by atoms with Gasteiger partial charge in [0, 0.05) is 12.8 Å². The third kappa shape index (κ3) is 57.9. The van der Waals surface area contributed by atoms with Crippen molar-refractivity contribution in [3.8, 4) is 0 Å². The first-order chi connectivity index (χ1) is 35.5. The zero-order valence-electron chi connectivity index (χ0n) is 48.9. The van der Waals surface area contributed by atoms with Crippen molar-refractivity contribution in [3.05, 3.63) is 12.2 Å². The summed E-state index contributed by atoms with van der Waals surface area (Å²) in [5.41, 5.74) is 0. The third-order valence-corrected chi connectivity index (χ3v) is 15.6. The van der Waals surface area contributed by atoms with Gasteiger partial charge >= 0.3 is 5.97 Å². The van der Waals surface area contributed by atoms with E-state index in [9.17, 15) is 19.8 Å². The number of esters is 1. The zero-order chi connectivity index (χ0) is 52.2. The van der Waals surface area contributed by atoms with E-state index in [1.165, 1.54) is 295 Å². The highest BCUT2D eigenvalue weighted by molar-refractivity contribution is 5.76. The maximum absolute atomic E-state index is 12.5. The molecule has 0 aliphatic heterocycles. The van der Waals surface area contributed by atoms with E-state index < -0.39 is 12.1 Å². The molecule has 0 fully saturated rings. The topological polar surface area (TPSA) is 95.9 Å². The highest BCUT2D eigenvalue weighted by atomic mass is 16.5. The molecule has 0 aromatic heterocycles. The minimum Gasteiger partial charge on any atom is -0.466 e. The summed E-state index contributed by atoms with van der Waals surface area (Å²) < 4.78 is 5.48. The average Bonchev–Trinajstić information content (AvgIpc) is 3.38. The van der Waals surface area contributed by atoms with Crippen LogP contribution >= 0.6 is 0 Å². The molecule has 0 heterocycles. The summed E-state index contributed by atoms with van der Waals surface area (Å²) >= 11 is 0. The number of nitrogens with one attached hydrogen (secondary N) is 1. The number of aliphatic hydroxyl groups is 2. The summed E-state index contributed by atoms with van der Waals surface area (Å²) in [5, 5.41) is 23.4. The van der Waals surface area contributed by atoms with Crippen molar-refractivity contribution < 1.29 is 24.5 Å². The lowest BCUT2D eigenvalue weighted by Crippen LogP contribution is -2.45. The van der Waals surface area contributed by atoms with Gasteiger partial charge in [0.2, 0.25) is 5.91 Å². The summed E-state index contributed by atoms with van der Waals surface area (Å²) in [5.74, 6) is -0.0279. The van der Waals surface area contributed by atoms with Gasteiger partial charge in [0.25, 0.3) is 0 Å². The fourth-order valence-corrected chi connectivity index (χ4v) is 10.5. The van der Waals surface area contributed by atoms with Crippen molar-refractivity contribution in [3.63, 3.8) is 0 Å². The first kappa shape index (κ1) is 70.6. The number of aliphatic hydroxyl groups excluding tert-OH is 2. The molecule has 6 heteroatoms. The van der Waals surface area contributed by atoms with Crippen molar-refractivity contribution >= 4 is 11.9 Å². The average molecular weight is 1020 g/mol. The van der Waals surface area contributed by atoms with Crippen molar-refractivity contribution in [1.29, 1.82) is 0 Å². The lowest BCUT2D eigenvalue weighted by molar-refractivity contribution is -0.143. The largest absolute Gasteiger partial charge is 0.466 e. The number of carbonyl (C=O) groups excluding carboxylic acids is 2. The van der Waals surface area contributed by atoms with E-state index in [1.807, 2.05) is 0 Å². The standard InChI is InChI=1S/C66H129NO5/c1-3-5-7-9-11-13-15-17-18-19-20-22-25-28-31-35-38-42-46-50-54-58-64(69)63(62-68)67-65(70)59-55-51-47-43-39-36-32-29-26-23-21-24-27-30-33-37-41-45-49-53-57-61-72-66(71)60-56-52-48-44-40-34-16-14-12-10-8-6-4-2/h14,16,63-64,68-69H,3-13,15,17-62H2,1-2H3,(H,67,70)/b16-14-. The van der Waals surface area contributed by atoms with Gasteiger partial charge in [-0.3, -0.25) is 9.59 Å². The van der Waals surface area contributed by atoms with Crippen LogP contribution in [0.3, 0.4) is 0 Å². The molecule has 0 aliphatic rings. The van der Waals surface area contributed by atoms with E-state index >= 15 is 0 Å². The first-order valence-electron chi connectivity index (χ1n) is 32.9. The van der Waals surface area contributed by atoms with E-state index in [4.69, 9.17) is 4.74 Å². The van der Waals surface area contributed by atoms with Crippen molar-refractivity contribution in [2.45, 2.75) is 386 Å². The van der Waals surface area contributed by atoms with Crippen LogP contribution in [0.15, 0.2) is 12.2 Å². The van der Waals surface area contributed by atoms with E-state index in [-0.39, 0.29) is 18.5 Å². The van der Waals surface area contributed by atoms with Gasteiger partial charge in [0.05, 0.1) is 25.4 Å². The molecule has 2 unspecified atom stereocenters. The van der Waals surface area contributed by atoms with Gasteiger partial charge in [0.15, 0.2) is 0 Å². The normalized spacial score (nSPS) is 12.6. The van der Waals surface area contributed by atoms with Gasteiger partial charge in [-0.25, -0.2) is 0 Å². The monoisotopic (exact) mass is 1020 g/mol. The van der Waals surface area contributed by atoms with Gasteiger partial charge in [-0.15, -0.1) is 0 Å². The predicted octanol–water partition coefficient (Wildman–Crippen LogP) is 20.8. The predicted molar refractivity (Wildman–Crippen MR) is 315 cm³/mol. The summed E-state index contributed by atoms with van der Waals surface area (Å²) in [6.45, 7) is 4.97. The smallest absolute Gasteiger partial charge is 0.305 e. The van der Waals surface area contributed by atoms with E-state index in [0.717, 1.165) is 44.9 Å². The number of hydrogen-bond donors (Lipinski definition) is 3. The van der Waals surface area contributed by atoms with Crippen LogP contribution in [0, 0.1) is 0 Å². The molecule has 428 valence electrons. The molecule has 72 heavy (non-hydrogen) atoms. The molecule has 0 bridgehead atoms. The Kier molecular flexibility index (Phi) is 60.9. The Morgan fingerprint density at radius 1 is 0.375 bits per heavy atom. The maximum Gasteiger partial charge on any atom is 0.305 e. The summed E-state index contributed by atoms with van der Waals surface area (Å²) in [6, 6.07) is -0.543. The molecule has 0 aromatic carbocycles. The van der Waals surface area contributed by atoms with Crippen LogP contribution in [0.1, 0.15) is 373 Å². The fraction of sp³-hybridized carbons (Fsp3) is 0.939. The fourth-order valence-electron chi connectivity index (χ4n) is 10.5. The lowest BCUT2D eigenvalue weighted by atomic mass is 10.0. The quantitative estimate of drug-likeness (QED) is 0.0320. The van der Waals surface area contributed by atoms with E-state index in [1.54, 1.807) is 0 Å². The van der Waals surface area contributed by atoms with Crippen molar-refractivity contribution in [1.82, 2.24) is 5.32 Å². The molecule has 0 radical (unpaired) electrons. The molecule has 0 rings (SSSR count). The van der Waals surface area contributed by atoms with Gasteiger partial charge in [-0.05, 0) is 51.4 Å². The molecule has 3 N–H and O–H groups in total. The van der Waals surface area contributed by atoms with Gasteiger partial charge in [0.1, 0.15) is 0 Å².